The molecule has 0 fully saturated rings. The van der Waals surface area contributed by atoms with E-state index in [0.29, 0.717) is 15.6 Å². The lowest BCUT2D eigenvalue weighted by Crippen LogP contribution is -2.33. The number of hydrogen-bond donors (Lipinski definition) is 2. The van der Waals surface area contributed by atoms with Crippen LogP contribution in [-0.4, -0.2) is 28.3 Å². The lowest BCUT2D eigenvalue weighted by molar-refractivity contribution is -0.115. The maximum atomic E-state index is 12.5. The van der Waals surface area contributed by atoms with Crippen LogP contribution in [-0.2, 0) is 4.79 Å². The zero-order valence-electron chi connectivity index (χ0n) is 16.3. The molecule has 3 rings (SSSR count). The predicted octanol–water partition coefficient (Wildman–Crippen LogP) is 3.81. The SMILES string of the molecule is Cc1cc(C)c(NC(=O)CNC(=O)c2sc(-c3ccccn3)nc2C)c(C)c1. The first-order valence-corrected chi connectivity index (χ1v) is 9.71. The van der Waals surface area contributed by atoms with Crippen LogP contribution in [0.1, 0.15) is 32.1 Å². The van der Waals surface area contributed by atoms with E-state index < -0.39 is 0 Å². The summed E-state index contributed by atoms with van der Waals surface area (Å²) in [4.78, 5) is 34.0. The third-order valence-electron chi connectivity index (χ3n) is 4.24. The number of amides is 2. The Kier molecular flexibility index (Phi) is 5.84. The molecule has 0 aliphatic carbocycles. The summed E-state index contributed by atoms with van der Waals surface area (Å²) in [6.07, 6.45) is 1.69. The van der Waals surface area contributed by atoms with Gasteiger partial charge >= 0.3 is 0 Å². The fourth-order valence-electron chi connectivity index (χ4n) is 3.01. The summed E-state index contributed by atoms with van der Waals surface area (Å²) in [5.74, 6) is -0.583. The molecule has 6 nitrogen and oxygen atoms in total. The number of carbonyl (C=O) groups is 2. The molecule has 0 aliphatic heterocycles. The van der Waals surface area contributed by atoms with Crippen LogP contribution in [0.2, 0.25) is 0 Å². The van der Waals surface area contributed by atoms with Gasteiger partial charge < -0.3 is 10.6 Å². The van der Waals surface area contributed by atoms with Crippen molar-refractivity contribution in [1.29, 1.82) is 0 Å². The van der Waals surface area contributed by atoms with Crippen LogP contribution >= 0.6 is 11.3 Å². The minimum atomic E-state index is -0.315. The van der Waals surface area contributed by atoms with E-state index in [4.69, 9.17) is 0 Å². The number of thiazole rings is 1. The molecule has 144 valence electrons. The van der Waals surface area contributed by atoms with Gasteiger partial charge in [0.15, 0.2) is 0 Å². The molecule has 0 saturated heterocycles. The lowest BCUT2D eigenvalue weighted by atomic mass is 10.1. The Morgan fingerprint density at radius 1 is 1.07 bits per heavy atom. The van der Waals surface area contributed by atoms with Crippen LogP contribution in [0.25, 0.3) is 10.7 Å². The molecule has 28 heavy (non-hydrogen) atoms. The maximum Gasteiger partial charge on any atom is 0.263 e. The molecule has 0 unspecified atom stereocenters. The van der Waals surface area contributed by atoms with Crippen molar-refractivity contribution in [3.8, 4) is 10.7 Å². The summed E-state index contributed by atoms with van der Waals surface area (Å²) in [7, 11) is 0. The zero-order chi connectivity index (χ0) is 20.3. The third kappa shape index (κ3) is 4.43. The molecule has 2 amide bonds. The van der Waals surface area contributed by atoms with E-state index in [1.807, 2.05) is 51.1 Å². The summed E-state index contributed by atoms with van der Waals surface area (Å²) < 4.78 is 0. The second kappa shape index (κ2) is 8.31. The Labute approximate surface area is 168 Å². The van der Waals surface area contributed by atoms with Crippen molar-refractivity contribution in [2.45, 2.75) is 27.7 Å². The van der Waals surface area contributed by atoms with E-state index in [9.17, 15) is 9.59 Å². The highest BCUT2D eigenvalue weighted by atomic mass is 32.1. The van der Waals surface area contributed by atoms with Gasteiger partial charge in [-0.2, -0.15) is 0 Å². The fraction of sp³-hybridized carbons (Fsp3) is 0.238. The highest BCUT2D eigenvalue weighted by molar-refractivity contribution is 7.17. The van der Waals surface area contributed by atoms with Gasteiger partial charge in [-0.25, -0.2) is 4.98 Å². The second-order valence-electron chi connectivity index (χ2n) is 6.65. The molecule has 2 aromatic heterocycles. The number of hydrogen-bond acceptors (Lipinski definition) is 5. The first-order chi connectivity index (χ1) is 13.3. The first-order valence-electron chi connectivity index (χ1n) is 8.90. The van der Waals surface area contributed by atoms with Crippen molar-refractivity contribution in [3.63, 3.8) is 0 Å². The monoisotopic (exact) mass is 394 g/mol. The predicted molar refractivity (Wildman–Crippen MR) is 112 cm³/mol. The number of benzene rings is 1. The zero-order valence-corrected chi connectivity index (χ0v) is 17.1. The highest BCUT2D eigenvalue weighted by Gasteiger charge is 2.17. The van der Waals surface area contributed by atoms with Gasteiger partial charge in [0.2, 0.25) is 5.91 Å². The molecule has 0 spiro atoms. The van der Waals surface area contributed by atoms with Gasteiger partial charge in [0.25, 0.3) is 5.91 Å². The first kappa shape index (κ1) is 19.7. The van der Waals surface area contributed by atoms with E-state index in [1.165, 1.54) is 11.3 Å². The number of rotatable bonds is 5. The minimum absolute atomic E-state index is 0.109. The van der Waals surface area contributed by atoms with Crippen LogP contribution in [0.4, 0.5) is 5.69 Å². The van der Waals surface area contributed by atoms with Crippen molar-refractivity contribution in [3.05, 3.63) is 63.8 Å². The van der Waals surface area contributed by atoms with E-state index in [-0.39, 0.29) is 18.4 Å². The molecule has 0 saturated carbocycles. The van der Waals surface area contributed by atoms with E-state index >= 15 is 0 Å². The molecule has 0 atom stereocenters. The quantitative estimate of drug-likeness (QED) is 0.689. The van der Waals surface area contributed by atoms with Gasteiger partial charge in [-0.15, -0.1) is 11.3 Å². The number of nitrogens with one attached hydrogen (secondary N) is 2. The number of aromatic nitrogens is 2. The van der Waals surface area contributed by atoms with Crippen LogP contribution in [0.5, 0.6) is 0 Å². The average molecular weight is 395 g/mol. The Hall–Kier alpha value is -3.06. The van der Waals surface area contributed by atoms with Crippen LogP contribution in [0.15, 0.2) is 36.5 Å². The summed E-state index contributed by atoms with van der Waals surface area (Å²) in [6, 6.07) is 9.58. The standard InChI is InChI=1S/C21H22N4O2S/c1-12-9-13(2)18(14(3)10-12)25-17(26)11-23-20(27)19-15(4)24-21(28-19)16-7-5-6-8-22-16/h5-10H,11H2,1-4H3,(H,23,27)(H,25,26). The van der Waals surface area contributed by atoms with Gasteiger partial charge in [-0.1, -0.05) is 23.8 Å². The minimum Gasteiger partial charge on any atom is -0.342 e. The van der Waals surface area contributed by atoms with Gasteiger partial charge in [0, 0.05) is 11.9 Å². The van der Waals surface area contributed by atoms with E-state index in [1.54, 1.807) is 13.1 Å². The summed E-state index contributed by atoms with van der Waals surface area (Å²) >= 11 is 1.27. The topological polar surface area (TPSA) is 84.0 Å². The molecular formula is C21H22N4O2S. The third-order valence-corrected chi connectivity index (χ3v) is 5.42. The Morgan fingerprint density at radius 2 is 1.79 bits per heavy atom. The molecule has 2 N–H and O–H groups in total. The fourth-order valence-corrected chi connectivity index (χ4v) is 3.97. The molecule has 0 aliphatic rings. The number of pyridine rings is 1. The van der Waals surface area contributed by atoms with E-state index in [0.717, 1.165) is 28.1 Å². The van der Waals surface area contributed by atoms with Crippen LogP contribution < -0.4 is 10.6 Å². The maximum absolute atomic E-state index is 12.5. The van der Waals surface area contributed by atoms with Gasteiger partial charge in [0.05, 0.1) is 17.9 Å². The summed E-state index contributed by atoms with van der Waals surface area (Å²) in [6.45, 7) is 7.59. The number of carbonyl (C=O) groups excluding carboxylic acids is 2. The average Bonchev–Trinajstić information content (AvgIpc) is 3.05. The molecule has 7 heteroatoms. The molecule has 3 aromatic rings. The molecule has 1 aromatic carbocycles. The largest absolute Gasteiger partial charge is 0.342 e. The Bertz CT molecular complexity index is 1010. The summed E-state index contributed by atoms with van der Waals surface area (Å²) in [5, 5.41) is 6.24. The van der Waals surface area contributed by atoms with Gasteiger partial charge in [-0.3, -0.25) is 14.6 Å². The molecule has 2 heterocycles. The van der Waals surface area contributed by atoms with Crippen molar-refractivity contribution in [2.75, 3.05) is 11.9 Å². The smallest absolute Gasteiger partial charge is 0.263 e. The highest BCUT2D eigenvalue weighted by Crippen LogP contribution is 2.26. The lowest BCUT2D eigenvalue weighted by Gasteiger charge is -2.13. The Balaban J connectivity index is 1.65. The number of anilines is 1. The van der Waals surface area contributed by atoms with Crippen molar-refractivity contribution >= 4 is 28.8 Å². The van der Waals surface area contributed by atoms with E-state index in [2.05, 4.69) is 20.6 Å². The van der Waals surface area contributed by atoms with Crippen molar-refractivity contribution in [1.82, 2.24) is 15.3 Å². The summed E-state index contributed by atoms with van der Waals surface area (Å²) in [5.41, 5.74) is 5.26. The van der Waals surface area contributed by atoms with Crippen molar-refractivity contribution < 1.29 is 9.59 Å². The number of nitrogens with zero attached hydrogens (tertiary/aromatic N) is 2. The second-order valence-corrected chi connectivity index (χ2v) is 7.65. The molecular weight excluding hydrogens is 372 g/mol. The Morgan fingerprint density at radius 3 is 2.43 bits per heavy atom. The van der Waals surface area contributed by atoms with Gasteiger partial charge in [-0.05, 0) is 51.0 Å². The molecule has 0 radical (unpaired) electrons. The number of aryl methyl sites for hydroxylation is 4. The van der Waals surface area contributed by atoms with Gasteiger partial charge in [0.1, 0.15) is 9.88 Å². The van der Waals surface area contributed by atoms with Crippen LogP contribution in [0.3, 0.4) is 0 Å². The normalized spacial score (nSPS) is 10.6. The van der Waals surface area contributed by atoms with Crippen molar-refractivity contribution in [2.24, 2.45) is 0 Å². The molecule has 0 bridgehead atoms. The van der Waals surface area contributed by atoms with Crippen LogP contribution in [0, 0.1) is 27.7 Å².